The lowest BCUT2D eigenvalue weighted by molar-refractivity contribution is -0.138. The molecule has 0 bridgehead atoms. The highest BCUT2D eigenvalue weighted by Crippen LogP contribution is 2.28. The molecule has 0 amide bonds. The fourth-order valence-electron chi connectivity index (χ4n) is 0.330. The van der Waals surface area contributed by atoms with Crippen LogP contribution in [-0.4, -0.2) is 11.1 Å². The minimum absolute atomic E-state index is 0.0185. The van der Waals surface area contributed by atoms with E-state index in [-0.39, 0.29) is 5.92 Å². The van der Waals surface area contributed by atoms with Crippen molar-refractivity contribution in [3.8, 4) is 0 Å². The van der Waals surface area contributed by atoms with Crippen molar-refractivity contribution >= 4 is 5.97 Å². The highest BCUT2D eigenvalue weighted by molar-refractivity contribution is 5.72. The Bertz CT molecular complexity index is 74.6. The Morgan fingerprint density at radius 1 is 1.50 bits per heavy atom. The number of carbonyl (C=O) groups is 1. The lowest BCUT2D eigenvalue weighted by Gasteiger charge is -1.75. The van der Waals surface area contributed by atoms with Crippen LogP contribution >= 0.6 is 0 Å². The van der Waals surface area contributed by atoms with Gasteiger partial charge in [0, 0.05) is 0 Å². The van der Waals surface area contributed by atoms with Gasteiger partial charge in [0.1, 0.15) is 0 Å². The van der Waals surface area contributed by atoms with Gasteiger partial charge < -0.3 is 5.11 Å². The van der Waals surface area contributed by atoms with Crippen LogP contribution in [0.25, 0.3) is 0 Å². The first-order chi connectivity index (χ1) is 3.80. The molecule has 0 heterocycles. The highest BCUT2D eigenvalue weighted by Gasteiger charge is 2.28. The normalized spacial score (nSPS) is 16.2. The molecule has 0 aromatic heterocycles. The van der Waals surface area contributed by atoms with E-state index in [0.29, 0.717) is 0 Å². The van der Waals surface area contributed by atoms with Crippen LogP contribution in [0.1, 0.15) is 26.7 Å². The van der Waals surface area contributed by atoms with Gasteiger partial charge in [0.25, 0.3) is 0 Å². The van der Waals surface area contributed by atoms with Gasteiger partial charge in [-0.15, -0.1) is 0 Å². The van der Waals surface area contributed by atoms with Crippen LogP contribution in [-0.2, 0) is 4.79 Å². The Balaban J connectivity index is 0.000000222. The van der Waals surface area contributed by atoms with E-state index in [4.69, 9.17) is 5.11 Å². The number of aliphatic carboxylic acids is 1. The Morgan fingerprint density at radius 3 is 1.88 bits per heavy atom. The highest BCUT2D eigenvalue weighted by atomic mass is 16.4. The van der Waals surface area contributed by atoms with Gasteiger partial charge in [-0.1, -0.05) is 13.8 Å². The molecule has 0 radical (unpaired) electrons. The van der Waals surface area contributed by atoms with Gasteiger partial charge in [0.2, 0.25) is 0 Å². The molecule has 1 aliphatic rings. The number of carboxylic acids is 1. The van der Waals surface area contributed by atoms with E-state index in [1.54, 1.807) is 0 Å². The van der Waals surface area contributed by atoms with Crippen LogP contribution in [0, 0.1) is 5.92 Å². The van der Waals surface area contributed by atoms with Crippen LogP contribution in [0.4, 0.5) is 0 Å². The summed E-state index contributed by atoms with van der Waals surface area (Å²) in [6, 6.07) is 0. The summed E-state index contributed by atoms with van der Waals surface area (Å²) in [6.07, 6.45) is 1.80. The van der Waals surface area contributed by atoms with E-state index < -0.39 is 5.97 Å². The van der Waals surface area contributed by atoms with Gasteiger partial charge in [-0.05, 0) is 12.8 Å². The zero-order chi connectivity index (χ0) is 6.57. The molecule has 1 N–H and O–H groups in total. The van der Waals surface area contributed by atoms with E-state index in [0.717, 1.165) is 12.8 Å². The minimum atomic E-state index is -0.630. The Kier molecular flexibility index (Phi) is 3.24. The second-order valence-electron chi connectivity index (χ2n) is 1.61. The zero-order valence-electron chi connectivity index (χ0n) is 5.35. The van der Waals surface area contributed by atoms with Gasteiger partial charge >= 0.3 is 5.97 Å². The van der Waals surface area contributed by atoms with Crippen molar-refractivity contribution in [2.24, 2.45) is 5.92 Å². The molecule has 1 saturated carbocycles. The van der Waals surface area contributed by atoms with Crippen molar-refractivity contribution in [1.82, 2.24) is 0 Å². The van der Waals surface area contributed by atoms with Crippen molar-refractivity contribution in [1.29, 1.82) is 0 Å². The summed E-state index contributed by atoms with van der Waals surface area (Å²) >= 11 is 0. The summed E-state index contributed by atoms with van der Waals surface area (Å²) in [5.74, 6) is -0.611. The zero-order valence-corrected chi connectivity index (χ0v) is 5.35. The average Bonchev–Trinajstić information content (AvgIpc) is 2.50. The molecule has 0 aliphatic heterocycles. The quantitative estimate of drug-likeness (QED) is 0.563. The summed E-state index contributed by atoms with van der Waals surface area (Å²) in [7, 11) is 0. The molecule has 0 atom stereocenters. The van der Waals surface area contributed by atoms with Crippen molar-refractivity contribution < 1.29 is 9.90 Å². The van der Waals surface area contributed by atoms with Gasteiger partial charge in [-0.3, -0.25) is 4.79 Å². The molecule has 0 saturated heterocycles. The molecule has 8 heavy (non-hydrogen) atoms. The molecule has 0 aromatic carbocycles. The maximum Gasteiger partial charge on any atom is 0.306 e. The summed E-state index contributed by atoms with van der Waals surface area (Å²) < 4.78 is 0. The molecule has 1 fully saturated rings. The van der Waals surface area contributed by atoms with E-state index in [2.05, 4.69) is 0 Å². The first kappa shape index (κ1) is 7.47. The van der Waals surface area contributed by atoms with Gasteiger partial charge in [-0.25, -0.2) is 0 Å². The minimum Gasteiger partial charge on any atom is -0.481 e. The lowest BCUT2D eigenvalue weighted by atomic mass is 10.5. The summed E-state index contributed by atoms with van der Waals surface area (Å²) in [5, 5.41) is 8.05. The molecule has 48 valence electrons. The largest absolute Gasteiger partial charge is 0.481 e. The first-order valence-corrected chi connectivity index (χ1v) is 3.03. The topological polar surface area (TPSA) is 37.3 Å². The molecule has 1 rings (SSSR count). The molecular formula is C6H12O2. The second-order valence-corrected chi connectivity index (χ2v) is 1.61. The van der Waals surface area contributed by atoms with Crippen molar-refractivity contribution in [2.75, 3.05) is 0 Å². The maximum absolute atomic E-state index is 9.76. The predicted molar refractivity (Wildman–Crippen MR) is 31.7 cm³/mol. The van der Waals surface area contributed by atoms with Crippen molar-refractivity contribution in [2.45, 2.75) is 26.7 Å². The molecule has 0 aromatic rings. The number of hydrogen-bond acceptors (Lipinski definition) is 1. The SMILES string of the molecule is CC.O=C(O)C1CC1. The van der Waals surface area contributed by atoms with E-state index in [9.17, 15) is 4.79 Å². The summed E-state index contributed by atoms with van der Waals surface area (Å²) in [6.45, 7) is 4.00. The Labute approximate surface area is 49.5 Å². The van der Waals surface area contributed by atoms with Crippen molar-refractivity contribution in [3.05, 3.63) is 0 Å². The average molecular weight is 116 g/mol. The van der Waals surface area contributed by atoms with E-state index in [1.807, 2.05) is 13.8 Å². The van der Waals surface area contributed by atoms with Gasteiger partial charge in [-0.2, -0.15) is 0 Å². The third-order valence-corrected chi connectivity index (χ3v) is 0.927. The summed E-state index contributed by atoms with van der Waals surface area (Å²) in [5.41, 5.74) is 0. The molecular weight excluding hydrogens is 104 g/mol. The second kappa shape index (κ2) is 3.47. The summed E-state index contributed by atoms with van der Waals surface area (Å²) in [4.78, 5) is 9.76. The Hall–Kier alpha value is -0.530. The maximum atomic E-state index is 9.76. The fourth-order valence-corrected chi connectivity index (χ4v) is 0.330. The molecule has 0 unspecified atom stereocenters. The van der Waals surface area contributed by atoms with E-state index >= 15 is 0 Å². The standard InChI is InChI=1S/C4H6O2.C2H6/c5-4(6)3-1-2-3;1-2/h3H,1-2H2,(H,5,6);1-2H3. The van der Waals surface area contributed by atoms with Crippen LogP contribution in [0.5, 0.6) is 0 Å². The van der Waals surface area contributed by atoms with Crippen LogP contribution < -0.4 is 0 Å². The predicted octanol–water partition coefficient (Wildman–Crippen LogP) is 1.51. The van der Waals surface area contributed by atoms with E-state index in [1.165, 1.54) is 0 Å². The van der Waals surface area contributed by atoms with Crippen molar-refractivity contribution in [3.63, 3.8) is 0 Å². The fraction of sp³-hybridized carbons (Fsp3) is 0.833. The smallest absolute Gasteiger partial charge is 0.306 e. The molecule has 1 aliphatic carbocycles. The van der Waals surface area contributed by atoms with Crippen LogP contribution in [0.15, 0.2) is 0 Å². The molecule has 2 heteroatoms. The number of carboxylic acid groups (broad SMARTS) is 1. The first-order valence-electron chi connectivity index (χ1n) is 3.03. The van der Waals surface area contributed by atoms with Gasteiger partial charge in [0.15, 0.2) is 0 Å². The van der Waals surface area contributed by atoms with Gasteiger partial charge in [0.05, 0.1) is 5.92 Å². The molecule has 0 spiro atoms. The number of hydrogen-bond donors (Lipinski definition) is 1. The monoisotopic (exact) mass is 116 g/mol. The molecule has 2 nitrogen and oxygen atoms in total. The Morgan fingerprint density at radius 2 is 1.88 bits per heavy atom. The number of rotatable bonds is 1. The van der Waals surface area contributed by atoms with Crippen LogP contribution in [0.3, 0.4) is 0 Å². The third kappa shape index (κ3) is 2.61. The third-order valence-electron chi connectivity index (χ3n) is 0.927. The van der Waals surface area contributed by atoms with Crippen LogP contribution in [0.2, 0.25) is 0 Å². The lowest BCUT2D eigenvalue weighted by Crippen LogP contribution is -1.94.